The molecule has 4 nitrogen and oxygen atoms in total. The Morgan fingerprint density at radius 3 is 2.72 bits per heavy atom. The summed E-state index contributed by atoms with van der Waals surface area (Å²) in [5, 5.41) is 4.07. The van der Waals surface area contributed by atoms with E-state index in [9.17, 15) is 4.79 Å². The summed E-state index contributed by atoms with van der Waals surface area (Å²) in [6.07, 6.45) is 1.78. The molecule has 0 unspecified atom stereocenters. The molecule has 4 heteroatoms. The summed E-state index contributed by atoms with van der Waals surface area (Å²) >= 11 is 0. The average molecular weight is 333 g/mol. The van der Waals surface area contributed by atoms with E-state index in [0.29, 0.717) is 0 Å². The van der Waals surface area contributed by atoms with E-state index in [4.69, 9.17) is 0 Å². The Balaban J connectivity index is 1.80. The number of carbonyl (C=O) groups is 1. The van der Waals surface area contributed by atoms with Gasteiger partial charge in [0, 0.05) is 30.0 Å². The second-order valence-electron chi connectivity index (χ2n) is 6.50. The van der Waals surface area contributed by atoms with E-state index >= 15 is 0 Å². The highest BCUT2D eigenvalue weighted by Gasteiger charge is 2.12. The van der Waals surface area contributed by atoms with E-state index in [1.165, 1.54) is 11.1 Å². The first-order chi connectivity index (χ1) is 12.0. The van der Waals surface area contributed by atoms with Crippen LogP contribution in [0.25, 0.3) is 10.9 Å². The van der Waals surface area contributed by atoms with Gasteiger partial charge in [0.15, 0.2) is 0 Å². The van der Waals surface area contributed by atoms with E-state index in [2.05, 4.69) is 23.3 Å². The molecule has 0 spiro atoms. The van der Waals surface area contributed by atoms with Gasteiger partial charge in [-0.05, 0) is 56.2 Å². The summed E-state index contributed by atoms with van der Waals surface area (Å²) in [6.45, 7) is 6.40. The molecule has 1 amide bonds. The quantitative estimate of drug-likeness (QED) is 0.777. The topological polar surface area (TPSA) is 45.2 Å². The molecular formula is C21H23N3O. The molecule has 0 aliphatic carbocycles. The van der Waals surface area contributed by atoms with Crippen molar-refractivity contribution in [1.82, 2.24) is 4.98 Å². The number of carbonyl (C=O) groups excluding carboxylic acids is 1. The molecule has 1 heterocycles. The van der Waals surface area contributed by atoms with E-state index < -0.39 is 0 Å². The lowest BCUT2D eigenvalue weighted by molar-refractivity contribution is -0.114. The van der Waals surface area contributed by atoms with Crippen molar-refractivity contribution in [1.29, 1.82) is 0 Å². The highest BCUT2D eigenvalue weighted by molar-refractivity contribution is 5.97. The molecule has 0 fully saturated rings. The van der Waals surface area contributed by atoms with Crippen LogP contribution in [-0.4, -0.2) is 24.5 Å². The molecule has 0 radical (unpaired) electrons. The maximum atomic E-state index is 12.5. The normalized spacial score (nSPS) is 10.7. The van der Waals surface area contributed by atoms with E-state index in [1.54, 1.807) is 6.20 Å². The van der Waals surface area contributed by atoms with Crippen molar-refractivity contribution in [3.8, 4) is 0 Å². The van der Waals surface area contributed by atoms with Crippen LogP contribution < -0.4 is 10.2 Å². The highest BCUT2D eigenvalue weighted by atomic mass is 16.2. The molecule has 0 saturated heterocycles. The Labute approximate surface area is 148 Å². The summed E-state index contributed by atoms with van der Waals surface area (Å²) in [5.74, 6) is -0.0335. The van der Waals surface area contributed by atoms with Gasteiger partial charge in [0.05, 0.1) is 12.1 Å². The minimum absolute atomic E-state index is 0.0335. The minimum atomic E-state index is -0.0335. The van der Waals surface area contributed by atoms with Crippen LogP contribution in [0.15, 0.2) is 48.7 Å². The van der Waals surface area contributed by atoms with Crippen molar-refractivity contribution in [3.05, 3.63) is 65.4 Å². The first-order valence-electron chi connectivity index (χ1n) is 8.38. The molecular weight excluding hydrogens is 310 g/mol. The Morgan fingerprint density at radius 1 is 1.12 bits per heavy atom. The standard InChI is InChI=1S/C21H23N3O/c1-14-8-9-19-17(12-14)20(10-11-22-19)24(4)13-21(25)23-18-7-5-6-15(2)16(18)3/h5-12H,13H2,1-4H3,(H,23,25). The zero-order valence-corrected chi connectivity index (χ0v) is 15.1. The van der Waals surface area contributed by atoms with Gasteiger partial charge < -0.3 is 10.2 Å². The molecule has 0 aliphatic rings. The number of aryl methyl sites for hydroxylation is 2. The lowest BCUT2D eigenvalue weighted by Gasteiger charge is -2.21. The molecule has 25 heavy (non-hydrogen) atoms. The van der Waals surface area contributed by atoms with Gasteiger partial charge in [0.25, 0.3) is 0 Å². The predicted molar refractivity (Wildman–Crippen MR) is 104 cm³/mol. The summed E-state index contributed by atoms with van der Waals surface area (Å²) in [5.41, 5.74) is 6.25. The molecule has 0 atom stereocenters. The first-order valence-corrected chi connectivity index (χ1v) is 8.38. The third-order valence-corrected chi connectivity index (χ3v) is 4.54. The Kier molecular flexibility index (Phi) is 4.70. The monoisotopic (exact) mass is 333 g/mol. The van der Waals surface area contributed by atoms with Crippen molar-refractivity contribution in [2.24, 2.45) is 0 Å². The number of aromatic nitrogens is 1. The van der Waals surface area contributed by atoms with E-state index in [0.717, 1.165) is 27.8 Å². The summed E-state index contributed by atoms with van der Waals surface area (Å²) in [6, 6.07) is 14.1. The molecule has 0 aliphatic heterocycles. The van der Waals surface area contributed by atoms with Gasteiger partial charge in [-0.15, -0.1) is 0 Å². The number of rotatable bonds is 4. The number of amides is 1. The number of likely N-dealkylation sites (N-methyl/N-ethyl adjacent to an activating group) is 1. The zero-order valence-electron chi connectivity index (χ0n) is 15.1. The molecule has 1 aromatic heterocycles. The number of hydrogen-bond donors (Lipinski definition) is 1. The van der Waals surface area contributed by atoms with Crippen LogP contribution in [0.1, 0.15) is 16.7 Å². The SMILES string of the molecule is Cc1ccc2nccc(N(C)CC(=O)Nc3cccc(C)c3C)c2c1. The number of pyridine rings is 1. The second kappa shape index (κ2) is 6.93. The molecule has 2 aromatic carbocycles. The van der Waals surface area contributed by atoms with E-state index in [-0.39, 0.29) is 12.5 Å². The van der Waals surface area contributed by atoms with Gasteiger partial charge in [-0.3, -0.25) is 9.78 Å². The molecule has 3 aromatic rings. The second-order valence-corrected chi connectivity index (χ2v) is 6.50. The molecule has 0 bridgehead atoms. The lowest BCUT2D eigenvalue weighted by atomic mass is 10.1. The van der Waals surface area contributed by atoms with Gasteiger partial charge in [-0.2, -0.15) is 0 Å². The third kappa shape index (κ3) is 3.63. The highest BCUT2D eigenvalue weighted by Crippen LogP contribution is 2.25. The predicted octanol–water partition coefficient (Wildman–Crippen LogP) is 4.23. The Hall–Kier alpha value is -2.88. The summed E-state index contributed by atoms with van der Waals surface area (Å²) in [7, 11) is 1.93. The van der Waals surface area contributed by atoms with Crippen LogP contribution in [0.3, 0.4) is 0 Å². The number of nitrogens with zero attached hydrogens (tertiary/aromatic N) is 2. The fraction of sp³-hybridized carbons (Fsp3) is 0.238. The van der Waals surface area contributed by atoms with Crippen LogP contribution in [0.5, 0.6) is 0 Å². The van der Waals surface area contributed by atoms with Crippen LogP contribution in [0, 0.1) is 20.8 Å². The maximum Gasteiger partial charge on any atom is 0.243 e. The van der Waals surface area contributed by atoms with E-state index in [1.807, 2.05) is 62.2 Å². The van der Waals surface area contributed by atoms with Gasteiger partial charge >= 0.3 is 0 Å². The van der Waals surface area contributed by atoms with Crippen LogP contribution in [0.2, 0.25) is 0 Å². The third-order valence-electron chi connectivity index (χ3n) is 4.54. The number of benzene rings is 2. The Bertz CT molecular complexity index is 934. The molecule has 128 valence electrons. The van der Waals surface area contributed by atoms with Gasteiger partial charge in [0.1, 0.15) is 0 Å². The van der Waals surface area contributed by atoms with Gasteiger partial charge in [-0.1, -0.05) is 23.8 Å². The Morgan fingerprint density at radius 2 is 1.92 bits per heavy atom. The number of nitrogens with one attached hydrogen (secondary N) is 1. The maximum absolute atomic E-state index is 12.5. The number of fused-ring (bicyclic) bond motifs is 1. The van der Waals surface area contributed by atoms with Crippen LogP contribution in [0.4, 0.5) is 11.4 Å². The smallest absolute Gasteiger partial charge is 0.243 e. The van der Waals surface area contributed by atoms with Crippen molar-refractivity contribution in [2.75, 3.05) is 23.8 Å². The fourth-order valence-corrected chi connectivity index (χ4v) is 2.96. The van der Waals surface area contributed by atoms with Crippen molar-refractivity contribution in [3.63, 3.8) is 0 Å². The summed E-state index contributed by atoms with van der Waals surface area (Å²) in [4.78, 5) is 18.9. The van der Waals surface area contributed by atoms with Crippen molar-refractivity contribution in [2.45, 2.75) is 20.8 Å². The molecule has 0 saturated carbocycles. The zero-order chi connectivity index (χ0) is 18.0. The number of anilines is 2. The van der Waals surface area contributed by atoms with Crippen LogP contribution >= 0.6 is 0 Å². The fourth-order valence-electron chi connectivity index (χ4n) is 2.96. The van der Waals surface area contributed by atoms with Crippen molar-refractivity contribution >= 4 is 28.2 Å². The van der Waals surface area contributed by atoms with Gasteiger partial charge in [-0.25, -0.2) is 0 Å². The first kappa shape index (κ1) is 17.0. The molecule has 1 N–H and O–H groups in total. The largest absolute Gasteiger partial charge is 0.365 e. The van der Waals surface area contributed by atoms with Gasteiger partial charge in [0.2, 0.25) is 5.91 Å². The number of hydrogen-bond acceptors (Lipinski definition) is 3. The van der Waals surface area contributed by atoms with Crippen LogP contribution in [-0.2, 0) is 4.79 Å². The molecule has 3 rings (SSSR count). The summed E-state index contributed by atoms with van der Waals surface area (Å²) < 4.78 is 0. The van der Waals surface area contributed by atoms with Crippen molar-refractivity contribution < 1.29 is 4.79 Å². The lowest BCUT2D eigenvalue weighted by Crippen LogP contribution is -2.30. The average Bonchev–Trinajstić information content (AvgIpc) is 2.58. The minimum Gasteiger partial charge on any atom is -0.365 e.